The number of hydrogen-bond donors (Lipinski definition) is 1. The lowest BCUT2D eigenvalue weighted by atomic mass is 9.99. The van der Waals surface area contributed by atoms with Gasteiger partial charge in [-0.2, -0.15) is 11.8 Å². The van der Waals surface area contributed by atoms with Gasteiger partial charge in [-0.3, -0.25) is 9.59 Å². The van der Waals surface area contributed by atoms with Crippen molar-refractivity contribution in [2.24, 2.45) is 5.92 Å². The second-order valence-corrected chi connectivity index (χ2v) is 8.24. The van der Waals surface area contributed by atoms with Crippen molar-refractivity contribution in [2.45, 2.75) is 32.7 Å². The quantitative estimate of drug-likeness (QED) is 0.612. The van der Waals surface area contributed by atoms with Crippen LogP contribution in [0.15, 0.2) is 24.3 Å². The van der Waals surface area contributed by atoms with Gasteiger partial charge in [0.2, 0.25) is 5.91 Å². The van der Waals surface area contributed by atoms with E-state index in [1.54, 1.807) is 11.8 Å². The van der Waals surface area contributed by atoms with Crippen LogP contribution < -0.4 is 5.32 Å². The van der Waals surface area contributed by atoms with Crippen molar-refractivity contribution < 1.29 is 19.1 Å². The van der Waals surface area contributed by atoms with Crippen molar-refractivity contribution in [3.8, 4) is 0 Å². The summed E-state index contributed by atoms with van der Waals surface area (Å²) in [5.41, 5.74) is 2.18. The van der Waals surface area contributed by atoms with Crippen LogP contribution in [-0.2, 0) is 25.5 Å². The lowest BCUT2D eigenvalue weighted by Crippen LogP contribution is -2.45. The minimum Gasteiger partial charge on any atom is -0.467 e. The summed E-state index contributed by atoms with van der Waals surface area (Å²) in [7, 11) is 1.32. The minimum absolute atomic E-state index is 0.0291. The molecule has 7 heteroatoms. The fourth-order valence-corrected chi connectivity index (χ4v) is 3.55. The Balaban J connectivity index is 2.84. The van der Waals surface area contributed by atoms with Crippen LogP contribution in [0, 0.1) is 12.8 Å². The summed E-state index contributed by atoms with van der Waals surface area (Å²) in [5, 5.41) is 2.78. The molecule has 1 amide bonds. The van der Waals surface area contributed by atoms with Gasteiger partial charge in [-0.05, 0) is 37.3 Å². The topological polar surface area (TPSA) is 72.5 Å². The number of carbonyl (C=O) groups is 3. The normalized spacial score (nSPS) is 12.9. The number of thioether (sulfide) groups is 2. The number of benzene rings is 1. The molecule has 0 fully saturated rings. The number of hydrogen-bond acceptors (Lipinski definition) is 6. The molecule has 0 saturated carbocycles. The summed E-state index contributed by atoms with van der Waals surface area (Å²) in [4.78, 5) is 36.0. The third-order valence-corrected chi connectivity index (χ3v) is 5.49. The molecule has 26 heavy (non-hydrogen) atoms. The molecule has 144 valence electrons. The smallest absolute Gasteiger partial charge is 0.328 e. The number of carbonyl (C=O) groups excluding carboxylic acids is 3. The maximum atomic E-state index is 12.8. The highest BCUT2D eigenvalue weighted by Crippen LogP contribution is 2.17. The molecule has 0 spiro atoms. The molecular weight excluding hydrogens is 370 g/mol. The van der Waals surface area contributed by atoms with Gasteiger partial charge >= 0.3 is 5.97 Å². The van der Waals surface area contributed by atoms with E-state index in [1.165, 1.54) is 14.0 Å². The Morgan fingerprint density at radius 1 is 1.19 bits per heavy atom. The van der Waals surface area contributed by atoms with Gasteiger partial charge in [-0.1, -0.05) is 41.6 Å². The van der Waals surface area contributed by atoms with Crippen LogP contribution in [-0.4, -0.2) is 47.9 Å². The zero-order valence-corrected chi connectivity index (χ0v) is 17.4. The molecule has 0 aliphatic carbocycles. The molecule has 0 bridgehead atoms. The second kappa shape index (κ2) is 12.0. The zero-order valence-electron chi connectivity index (χ0n) is 15.7. The SMILES string of the molecule is COC(=O)[C@H](CCSC)NC(=O)[C@@H](CSC(C)=O)Cc1ccc(C)cc1. The Hall–Kier alpha value is -1.47. The van der Waals surface area contributed by atoms with Gasteiger partial charge in [0.05, 0.1) is 13.0 Å². The van der Waals surface area contributed by atoms with Crippen molar-refractivity contribution in [3.63, 3.8) is 0 Å². The van der Waals surface area contributed by atoms with E-state index in [-0.39, 0.29) is 11.0 Å². The van der Waals surface area contributed by atoms with Gasteiger partial charge in [0.15, 0.2) is 5.12 Å². The summed E-state index contributed by atoms with van der Waals surface area (Å²) < 4.78 is 4.80. The van der Waals surface area contributed by atoms with Gasteiger partial charge < -0.3 is 10.1 Å². The van der Waals surface area contributed by atoms with Crippen LogP contribution in [0.25, 0.3) is 0 Å². The second-order valence-electron chi connectivity index (χ2n) is 6.06. The standard InChI is InChI=1S/C19H27NO4S2/c1-13-5-7-15(8-6-13)11-16(12-26-14(2)21)18(22)20-17(9-10-25-4)19(23)24-3/h5-8,16-17H,9-12H2,1-4H3,(H,20,22)/t16-,17+/m1/s1. The number of ether oxygens (including phenoxy) is 1. The van der Waals surface area contributed by atoms with Crippen LogP contribution in [0.4, 0.5) is 0 Å². The van der Waals surface area contributed by atoms with Crippen LogP contribution in [0.2, 0.25) is 0 Å². The van der Waals surface area contributed by atoms with Crippen molar-refractivity contribution in [2.75, 3.05) is 24.9 Å². The van der Waals surface area contributed by atoms with Gasteiger partial charge in [-0.15, -0.1) is 0 Å². The van der Waals surface area contributed by atoms with Crippen LogP contribution in [0.5, 0.6) is 0 Å². The molecule has 0 aromatic heterocycles. The predicted octanol–water partition coefficient (Wildman–Crippen LogP) is 2.84. The van der Waals surface area contributed by atoms with E-state index in [4.69, 9.17) is 4.74 Å². The highest BCUT2D eigenvalue weighted by Gasteiger charge is 2.26. The van der Waals surface area contributed by atoms with Gasteiger partial charge in [0.25, 0.3) is 0 Å². The zero-order chi connectivity index (χ0) is 19.5. The Bertz CT molecular complexity index is 604. The Morgan fingerprint density at radius 2 is 1.85 bits per heavy atom. The monoisotopic (exact) mass is 397 g/mol. The highest BCUT2D eigenvalue weighted by atomic mass is 32.2. The Morgan fingerprint density at radius 3 is 2.38 bits per heavy atom. The van der Waals surface area contributed by atoms with Crippen LogP contribution in [0.3, 0.4) is 0 Å². The van der Waals surface area contributed by atoms with Crippen molar-refractivity contribution >= 4 is 40.5 Å². The fourth-order valence-electron chi connectivity index (χ4n) is 2.37. The maximum Gasteiger partial charge on any atom is 0.328 e. The molecule has 0 aliphatic heterocycles. The summed E-state index contributed by atoms with van der Waals surface area (Å²) in [6, 6.07) is 7.30. The fraction of sp³-hybridized carbons (Fsp3) is 0.526. The summed E-state index contributed by atoms with van der Waals surface area (Å²) in [6.07, 6.45) is 2.97. The number of rotatable bonds is 10. The van der Waals surface area contributed by atoms with Gasteiger partial charge in [0, 0.05) is 12.7 Å². The lowest BCUT2D eigenvalue weighted by molar-refractivity contribution is -0.145. The third kappa shape index (κ3) is 8.27. The van der Waals surface area contributed by atoms with Crippen molar-refractivity contribution in [1.29, 1.82) is 0 Å². The highest BCUT2D eigenvalue weighted by molar-refractivity contribution is 8.13. The first-order valence-corrected chi connectivity index (χ1v) is 10.8. The molecule has 0 saturated heterocycles. The third-order valence-electron chi connectivity index (χ3n) is 3.87. The summed E-state index contributed by atoms with van der Waals surface area (Å²) >= 11 is 2.73. The van der Waals surface area contributed by atoms with Crippen LogP contribution >= 0.6 is 23.5 Å². The first-order valence-electron chi connectivity index (χ1n) is 8.43. The van der Waals surface area contributed by atoms with Gasteiger partial charge in [0.1, 0.15) is 6.04 Å². The molecule has 1 aromatic rings. The maximum absolute atomic E-state index is 12.8. The summed E-state index contributed by atoms with van der Waals surface area (Å²) in [5.74, 6) is 0.0562. The predicted molar refractivity (Wildman–Crippen MR) is 108 cm³/mol. The largest absolute Gasteiger partial charge is 0.467 e. The van der Waals surface area contributed by atoms with E-state index in [2.05, 4.69) is 5.32 Å². The van der Waals surface area contributed by atoms with E-state index < -0.39 is 17.9 Å². The lowest BCUT2D eigenvalue weighted by Gasteiger charge is -2.21. The van der Waals surface area contributed by atoms with E-state index >= 15 is 0 Å². The minimum atomic E-state index is -0.664. The van der Waals surface area contributed by atoms with Gasteiger partial charge in [-0.25, -0.2) is 4.79 Å². The van der Waals surface area contributed by atoms with Crippen molar-refractivity contribution in [3.05, 3.63) is 35.4 Å². The number of esters is 1. The molecule has 1 rings (SSSR count). The first-order chi connectivity index (χ1) is 12.4. The van der Waals surface area contributed by atoms with E-state index in [1.807, 2.05) is 37.4 Å². The van der Waals surface area contributed by atoms with E-state index in [0.29, 0.717) is 18.6 Å². The Labute approximate surface area is 164 Å². The van der Waals surface area contributed by atoms with E-state index in [9.17, 15) is 14.4 Å². The van der Waals surface area contributed by atoms with Crippen molar-refractivity contribution in [1.82, 2.24) is 5.32 Å². The molecule has 5 nitrogen and oxygen atoms in total. The number of nitrogens with one attached hydrogen (secondary N) is 1. The van der Waals surface area contributed by atoms with Crippen LogP contribution in [0.1, 0.15) is 24.5 Å². The molecule has 2 atom stereocenters. The molecule has 1 aromatic carbocycles. The molecular formula is C19H27NO4S2. The van der Waals surface area contributed by atoms with E-state index in [0.717, 1.165) is 28.6 Å². The molecule has 0 unspecified atom stereocenters. The number of amides is 1. The molecule has 0 heterocycles. The first kappa shape index (κ1) is 22.6. The molecule has 0 aliphatic rings. The summed E-state index contributed by atoms with van der Waals surface area (Å²) in [6.45, 7) is 3.49. The number of methoxy groups -OCH3 is 1. The molecule has 1 N–H and O–H groups in total. The molecule has 0 radical (unpaired) electrons. The number of aryl methyl sites for hydroxylation is 1. The average molecular weight is 398 g/mol. The average Bonchev–Trinajstić information content (AvgIpc) is 2.62. The Kier molecular flexibility index (Phi) is 10.4.